The Hall–Kier alpha value is -1.63. The highest BCUT2D eigenvalue weighted by molar-refractivity contribution is 5.94. The summed E-state index contributed by atoms with van der Waals surface area (Å²) >= 11 is 0. The number of carbonyl (C=O) groups excluding carboxylic acids is 2. The molecule has 6 nitrogen and oxygen atoms in total. The van der Waals surface area contributed by atoms with E-state index in [4.69, 9.17) is 15.2 Å². The van der Waals surface area contributed by atoms with Crippen molar-refractivity contribution in [1.82, 2.24) is 4.90 Å². The first-order valence-corrected chi connectivity index (χ1v) is 9.43. The Morgan fingerprint density at radius 3 is 2.37 bits per heavy atom. The van der Waals surface area contributed by atoms with Gasteiger partial charge < -0.3 is 20.1 Å². The predicted octanol–water partition coefficient (Wildman–Crippen LogP) is 2.83. The molecule has 1 aliphatic heterocycles. The molecule has 27 heavy (non-hydrogen) atoms. The van der Waals surface area contributed by atoms with Gasteiger partial charge in [0.25, 0.3) is 0 Å². The maximum Gasteiger partial charge on any atom is 0.222 e. The summed E-state index contributed by atoms with van der Waals surface area (Å²) in [5, 5.41) is 0. The quantitative estimate of drug-likeness (QED) is 0.484. The average molecular weight is 399 g/mol. The number of nitrogens with two attached hydrogens (primary N) is 1. The number of hydrogen-bond acceptors (Lipinski definition) is 5. The van der Waals surface area contributed by atoms with Gasteiger partial charge in [0.2, 0.25) is 5.91 Å². The Balaban J connectivity index is 0.00000364. The van der Waals surface area contributed by atoms with Crippen molar-refractivity contribution < 1.29 is 19.1 Å². The van der Waals surface area contributed by atoms with Crippen molar-refractivity contribution in [2.45, 2.75) is 45.1 Å². The zero-order valence-electron chi connectivity index (χ0n) is 16.0. The summed E-state index contributed by atoms with van der Waals surface area (Å²) in [7, 11) is 0. The second-order valence-electron chi connectivity index (χ2n) is 6.63. The first-order chi connectivity index (χ1) is 12.6. The van der Waals surface area contributed by atoms with E-state index in [0.717, 1.165) is 38.1 Å². The Morgan fingerprint density at radius 1 is 1.11 bits per heavy atom. The lowest BCUT2D eigenvalue weighted by molar-refractivity contribution is -0.134. The van der Waals surface area contributed by atoms with Crippen LogP contribution < -0.4 is 10.5 Å². The van der Waals surface area contributed by atoms with Crippen molar-refractivity contribution in [3.05, 3.63) is 29.8 Å². The highest BCUT2D eigenvalue weighted by Crippen LogP contribution is 2.16. The molecule has 0 unspecified atom stereocenters. The molecule has 2 rings (SSSR count). The SMILES string of the molecule is CC(=O)c1ccc(OCCCC(=O)N2CCC(OCCCN)CC2)cc1.Cl. The summed E-state index contributed by atoms with van der Waals surface area (Å²) in [4.78, 5) is 25.4. The summed E-state index contributed by atoms with van der Waals surface area (Å²) in [6.07, 6.45) is 4.11. The fourth-order valence-electron chi connectivity index (χ4n) is 2.96. The number of nitrogens with zero attached hydrogens (tertiary/aromatic N) is 1. The van der Waals surface area contributed by atoms with Crippen LogP contribution in [-0.2, 0) is 9.53 Å². The van der Waals surface area contributed by atoms with Crippen molar-refractivity contribution in [3.8, 4) is 5.75 Å². The molecule has 2 N–H and O–H groups in total. The minimum absolute atomic E-state index is 0. The van der Waals surface area contributed by atoms with E-state index in [1.165, 1.54) is 6.92 Å². The number of Topliss-reactive ketones (excluding diaryl/α,β-unsaturated/α-hetero) is 1. The minimum atomic E-state index is 0. The number of benzene rings is 1. The van der Waals surface area contributed by atoms with E-state index < -0.39 is 0 Å². The number of rotatable bonds is 10. The van der Waals surface area contributed by atoms with Crippen molar-refractivity contribution in [2.24, 2.45) is 5.73 Å². The van der Waals surface area contributed by atoms with Gasteiger partial charge in [0.05, 0.1) is 12.7 Å². The van der Waals surface area contributed by atoms with E-state index >= 15 is 0 Å². The van der Waals surface area contributed by atoms with E-state index in [1.54, 1.807) is 24.3 Å². The molecule has 1 aromatic carbocycles. The van der Waals surface area contributed by atoms with Crippen LogP contribution in [0.25, 0.3) is 0 Å². The molecule has 0 spiro atoms. The number of likely N-dealkylation sites (tertiary alicyclic amines) is 1. The van der Waals surface area contributed by atoms with Gasteiger partial charge in [-0.2, -0.15) is 0 Å². The van der Waals surface area contributed by atoms with Gasteiger partial charge in [0, 0.05) is 31.7 Å². The van der Waals surface area contributed by atoms with Crippen molar-refractivity contribution in [1.29, 1.82) is 0 Å². The fraction of sp³-hybridized carbons (Fsp3) is 0.600. The van der Waals surface area contributed by atoms with E-state index in [0.29, 0.717) is 38.2 Å². The highest BCUT2D eigenvalue weighted by atomic mass is 35.5. The summed E-state index contributed by atoms with van der Waals surface area (Å²) in [5.41, 5.74) is 6.13. The number of piperidine rings is 1. The third-order valence-corrected chi connectivity index (χ3v) is 4.56. The number of amides is 1. The molecule has 7 heteroatoms. The van der Waals surface area contributed by atoms with Crippen LogP contribution in [0.3, 0.4) is 0 Å². The fourth-order valence-corrected chi connectivity index (χ4v) is 2.96. The van der Waals surface area contributed by atoms with Crippen LogP contribution in [0.15, 0.2) is 24.3 Å². The van der Waals surface area contributed by atoms with Crippen molar-refractivity contribution >= 4 is 24.1 Å². The lowest BCUT2D eigenvalue weighted by Crippen LogP contribution is -2.41. The maximum atomic E-state index is 12.3. The van der Waals surface area contributed by atoms with Gasteiger partial charge in [0.1, 0.15) is 5.75 Å². The van der Waals surface area contributed by atoms with Crippen LogP contribution in [0.2, 0.25) is 0 Å². The monoisotopic (exact) mass is 398 g/mol. The van der Waals surface area contributed by atoms with Gasteiger partial charge in [-0.25, -0.2) is 0 Å². The minimum Gasteiger partial charge on any atom is -0.494 e. The Morgan fingerprint density at radius 2 is 1.78 bits per heavy atom. The topological polar surface area (TPSA) is 81.9 Å². The number of carbonyl (C=O) groups is 2. The number of halogens is 1. The van der Waals surface area contributed by atoms with Crippen LogP contribution in [-0.4, -0.2) is 55.5 Å². The molecule has 0 aromatic heterocycles. The van der Waals surface area contributed by atoms with Crippen molar-refractivity contribution in [2.75, 3.05) is 32.8 Å². The summed E-state index contributed by atoms with van der Waals surface area (Å²) < 4.78 is 11.4. The molecule has 152 valence electrons. The summed E-state index contributed by atoms with van der Waals surface area (Å²) in [6, 6.07) is 7.08. The van der Waals surface area contributed by atoms with Crippen molar-refractivity contribution in [3.63, 3.8) is 0 Å². The normalized spacial score (nSPS) is 14.5. The molecule has 1 saturated heterocycles. The first kappa shape index (κ1) is 23.4. The standard InChI is InChI=1S/C20H30N2O4.ClH/c1-16(23)17-5-7-18(8-6-17)25-14-2-4-20(24)22-12-9-19(10-13-22)26-15-3-11-21;/h5-8,19H,2-4,9-15,21H2,1H3;1H. The van der Waals surface area contributed by atoms with Crippen LogP contribution in [0, 0.1) is 0 Å². The zero-order chi connectivity index (χ0) is 18.8. The number of ketones is 1. The molecule has 0 radical (unpaired) electrons. The van der Waals surface area contributed by atoms with Gasteiger partial charge in [0.15, 0.2) is 5.78 Å². The zero-order valence-corrected chi connectivity index (χ0v) is 16.8. The molecule has 1 aliphatic rings. The number of hydrogen-bond donors (Lipinski definition) is 1. The third kappa shape index (κ3) is 8.28. The lowest BCUT2D eigenvalue weighted by Gasteiger charge is -2.32. The Kier molecular flexibility index (Phi) is 11.0. The highest BCUT2D eigenvalue weighted by Gasteiger charge is 2.22. The molecule has 0 bridgehead atoms. The molecule has 1 aromatic rings. The van der Waals surface area contributed by atoms with Gasteiger partial charge in [-0.05, 0) is 63.4 Å². The van der Waals surface area contributed by atoms with Gasteiger partial charge >= 0.3 is 0 Å². The first-order valence-electron chi connectivity index (χ1n) is 9.43. The third-order valence-electron chi connectivity index (χ3n) is 4.56. The average Bonchev–Trinajstić information content (AvgIpc) is 2.66. The Bertz CT molecular complexity index is 572. The molecular formula is C20H31ClN2O4. The largest absolute Gasteiger partial charge is 0.494 e. The van der Waals surface area contributed by atoms with Crippen LogP contribution in [0.4, 0.5) is 0 Å². The van der Waals surface area contributed by atoms with Gasteiger partial charge in [-0.1, -0.05) is 0 Å². The van der Waals surface area contributed by atoms with Crippen LogP contribution in [0.5, 0.6) is 5.75 Å². The smallest absolute Gasteiger partial charge is 0.222 e. The molecule has 0 saturated carbocycles. The molecule has 1 fully saturated rings. The molecule has 1 amide bonds. The lowest BCUT2D eigenvalue weighted by atomic mass is 10.1. The van der Waals surface area contributed by atoms with E-state index in [2.05, 4.69) is 0 Å². The van der Waals surface area contributed by atoms with Crippen LogP contribution >= 0.6 is 12.4 Å². The molecule has 0 atom stereocenters. The van der Waals surface area contributed by atoms with E-state index in [1.807, 2.05) is 4.90 Å². The second-order valence-corrected chi connectivity index (χ2v) is 6.63. The summed E-state index contributed by atoms with van der Waals surface area (Å²) in [6.45, 7) is 4.92. The van der Waals surface area contributed by atoms with Gasteiger partial charge in [-0.15, -0.1) is 12.4 Å². The molecular weight excluding hydrogens is 368 g/mol. The molecule has 0 aliphatic carbocycles. The van der Waals surface area contributed by atoms with E-state index in [9.17, 15) is 9.59 Å². The summed E-state index contributed by atoms with van der Waals surface area (Å²) in [5.74, 6) is 0.939. The molecule has 1 heterocycles. The number of ether oxygens (including phenoxy) is 2. The van der Waals surface area contributed by atoms with Crippen LogP contribution in [0.1, 0.15) is 49.4 Å². The predicted molar refractivity (Wildman–Crippen MR) is 108 cm³/mol. The van der Waals surface area contributed by atoms with E-state index in [-0.39, 0.29) is 30.2 Å². The van der Waals surface area contributed by atoms with Gasteiger partial charge in [-0.3, -0.25) is 9.59 Å². The second kappa shape index (κ2) is 12.7. The maximum absolute atomic E-state index is 12.3. The Labute approximate surface area is 167 Å².